The molecule has 0 aliphatic heterocycles. The van der Waals surface area contributed by atoms with Crippen molar-refractivity contribution in [1.82, 2.24) is 0 Å². The molecule has 2 aliphatic rings. The number of carbonyl (C=O) groups excluding carboxylic acids is 2. The molecule has 2 bridgehead atoms. The summed E-state index contributed by atoms with van der Waals surface area (Å²) in [5, 5.41) is 3.00. The summed E-state index contributed by atoms with van der Waals surface area (Å²) < 4.78 is 9.89. The van der Waals surface area contributed by atoms with E-state index in [1.165, 1.54) is 7.11 Å². The molecule has 1 amide bonds. The molecule has 2 fully saturated rings. The number of ether oxygens (including phenoxy) is 2. The minimum atomic E-state index is -0.435. The van der Waals surface area contributed by atoms with Crippen LogP contribution < -0.4 is 15.8 Å². The summed E-state index contributed by atoms with van der Waals surface area (Å²) in [4.78, 5) is 23.7. The van der Waals surface area contributed by atoms with Crippen LogP contribution in [0.3, 0.4) is 0 Å². The Bertz CT molecular complexity index is 644. The highest BCUT2D eigenvalue weighted by atomic mass is 16.6. The van der Waals surface area contributed by atoms with E-state index in [2.05, 4.69) is 10.1 Å². The van der Waals surface area contributed by atoms with Crippen LogP contribution in [0.5, 0.6) is 5.75 Å². The van der Waals surface area contributed by atoms with E-state index in [1.54, 1.807) is 18.2 Å². The Morgan fingerprint density at radius 3 is 2.67 bits per heavy atom. The van der Waals surface area contributed by atoms with Crippen molar-refractivity contribution >= 4 is 17.6 Å². The van der Waals surface area contributed by atoms with Crippen LogP contribution in [-0.2, 0) is 14.3 Å². The summed E-state index contributed by atoms with van der Waals surface area (Å²) in [5.41, 5.74) is 7.86. The second-order valence-corrected chi connectivity index (χ2v) is 6.77. The minimum Gasteiger partial charge on any atom is -0.482 e. The summed E-state index contributed by atoms with van der Waals surface area (Å²) in [6, 6.07) is 5.29. The number of esters is 1. The van der Waals surface area contributed by atoms with Crippen molar-refractivity contribution in [3.8, 4) is 5.75 Å². The van der Waals surface area contributed by atoms with E-state index < -0.39 is 5.97 Å². The van der Waals surface area contributed by atoms with E-state index in [4.69, 9.17) is 10.5 Å². The third-order valence-electron chi connectivity index (χ3n) is 5.32. The fourth-order valence-corrected chi connectivity index (χ4v) is 4.01. The molecule has 24 heavy (non-hydrogen) atoms. The number of nitrogens with two attached hydrogens (primary N) is 1. The summed E-state index contributed by atoms with van der Waals surface area (Å²) >= 11 is 0. The number of rotatable bonds is 5. The average molecular weight is 332 g/mol. The summed E-state index contributed by atoms with van der Waals surface area (Å²) in [6.07, 6.45) is 3.34. The van der Waals surface area contributed by atoms with Gasteiger partial charge in [-0.05, 0) is 61.8 Å². The van der Waals surface area contributed by atoms with Crippen molar-refractivity contribution in [2.24, 2.45) is 23.5 Å². The fourth-order valence-electron chi connectivity index (χ4n) is 4.01. The average Bonchev–Trinajstić information content (AvgIpc) is 3.15. The lowest BCUT2D eigenvalue weighted by Crippen LogP contribution is -2.42. The van der Waals surface area contributed by atoms with Gasteiger partial charge in [0.1, 0.15) is 5.75 Å². The zero-order valence-electron chi connectivity index (χ0n) is 14.1. The van der Waals surface area contributed by atoms with E-state index in [0.717, 1.165) is 30.5 Å². The van der Waals surface area contributed by atoms with Crippen LogP contribution in [0.25, 0.3) is 0 Å². The first kappa shape index (κ1) is 16.8. The van der Waals surface area contributed by atoms with E-state index in [-0.39, 0.29) is 24.5 Å². The van der Waals surface area contributed by atoms with Gasteiger partial charge in [-0.1, -0.05) is 0 Å². The predicted molar refractivity (Wildman–Crippen MR) is 89.6 cm³/mol. The van der Waals surface area contributed by atoms with Crippen molar-refractivity contribution in [3.63, 3.8) is 0 Å². The molecule has 4 atom stereocenters. The Hall–Kier alpha value is -2.08. The van der Waals surface area contributed by atoms with Crippen molar-refractivity contribution in [2.45, 2.75) is 32.2 Å². The van der Waals surface area contributed by atoms with Gasteiger partial charge in [-0.15, -0.1) is 0 Å². The third kappa shape index (κ3) is 3.24. The van der Waals surface area contributed by atoms with Gasteiger partial charge in [0, 0.05) is 11.7 Å². The quantitative estimate of drug-likeness (QED) is 0.803. The number of amides is 1. The Kier molecular flexibility index (Phi) is 4.76. The number of hydrogen-bond donors (Lipinski definition) is 2. The van der Waals surface area contributed by atoms with Gasteiger partial charge in [0.25, 0.3) is 0 Å². The standard InChI is InChI=1S/C18H24N2O4/c1-10-7-13(24-9-15(21)23-2)5-6-14(10)20-18(22)16-11-3-4-12(8-11)17(16)19/h5-7,11-12,16-17H,3-4,8-9,19H2,1-2H3,(H,20,22). The van der Waals surface area contributed by atoms with E-state index in [9.17, 15) is 9.59 Å². The number of nitrogens with one attached hydrogen (secondary N) is 1. The molecule has 0 aromatic heterocycles. The van der Waals surface area contributed by atoms with Crippen LogP contribution in [0.15, 0.2) is 18.2 Å². The lowest BCUT2D eigenvalue weighted by atomic mass is 9.84. The summed E-state index contributed by atoms with van der Waals surface area (Å²) in [5.74, 6) is 0.983. The molecule has 3 rings (SSSR count). The minimum absolute atomic E-state index is 0.0148. The first-order valence-electron chi connectivity index (χ1n) is 8.36. The number of hydrogen-bond acceptors (Lipinski definition) is 5. The predicted octanol–water partition coefficient (Wildman–Crippen LogP) is 1.86. The van der Waals surface area contributed by atoms with Crippen molar-refractivity contribution < 1.29 is 19.1 Å². The van der Waals surface area contributed by atoms with Crippen LogP contribution in [-0.4, -0.2) is 31.6 Å². The monoisotopic (exact) mass is 332 g/mol. The van der Waals surface area contributed by atoms with Crippen molar-refractivity contribution in [2.75, 3.05) is 19.0 Å². The van der Waals surface area contributed by atoms with Gasteiger partial charge in [-0.3, -0.25) is 4.79 Å². The Labute approximate surface area is 141 Å². The van der Waals surface area contributed by atoms with Crippen molar-refractivity contribution in [3.05, 3.63) is 23.8 Å². The van der Waals surface area contributed by atoms with Crippen LogP contribution in [0.1, 0.15) is 24.8 Å². The molecule has 4 unspecified atom stereocenters. The SMILES string of the molecule is COC(=O)COc1ccc(NC(=O)C2C3CCC(C3)C2N)c(C)c1. The molecule has 0 heterocycles. The highest BCUT2D eigenvalue weighted by molar-refractivity contribution is 5.94. The molecule has 0 radical (unpaired) electrons. The molecule has 6 heteroatoms. The van der Waals surface area contributed by atoms with Crippen LogP contribution in [0, 0.1) is 24.7 Å². The van der Waals surface area contributed by atoms with E-state index in [1.807, 2.05) is 6.92 Å². The zero-order chi connectivity index (χ0) is 17.3. The molecule has 2 saturated carbocycles. The second kappa shape index (κ2) is 6.81. The number of benzene rings is 1. The highest BCUT2D eigenvalue weighted by Crippen LogP contribution is 2.48. The highest BCUT2D eigenvalue weighted by Gasteiger charge is 2.49. The number of methoxy groups -OCH3 is 1. The molecule has 6 nitrogen and oxygen atoms in total. The van der Waals surface area contributed by atoms with Gasteiger partial charge in [-0.25, -0.2) is 4.79 Å². The molecular weight excluding hydrogens is 308 g/mol. The Morgan fingerprint density at radius 1 is 1.29 bits per heavy atom. The number of aryl methyl sites for hydroxylation is 1. The van der Waals surface area contributed by atoms with Gasteiger partial charge in [0.2, 0.25) is 5.91 Å². The lowest BCUT2D eigenvalue weighted by molar-refractivity contribution is -0.142. The summed E-state index contributed by atoms with van der Waals surface area (Å²) in [6.45, 7) is 1.75. The topological polar surface area (TPSA) is 90.6 Å². The van der Waals surface area contributed by atoms with Crippen molar-refractivity contribution in [1.29, 1.82) is 0 Å². The van der Waals surface area contributed by atoms with Crippen LogP contribution >= 0.6 is 0 Å². The lowest BCUT2D eigenvalue weighted by Gasteiger charge is -2.27. The van der Waals surface area contributed by atoms with Crippen LogP contribution in [0.2, 0.25) is 0 Å². The number of anilines is 1. The van der Waals surface area contributed by atoms with E-state index >= 15 is 0 Å². The molecule has 3 N–H and O–H groups in total. The smallest absolute Gasteiger partial charge is 0.343 e. The first-order valence-corrected chi connectivity index (χ1v) is 8.36. The van der Waals surface area contributed by atoms with Crippen LogP contribution in [0.4, 0.5) is 5.69 Å². The summed E-state index contributed by atoms with van der Waals surface area (Å²) in [7, 11) is 1.32. The fraction of sp³-hybridized carbons (Fsp3) is 0.556. The molecule has 0 saturated heterocycles. The third-order valence-corrected chi connectivity index (χ3v) is 5.32. The van der Waals surface area contributed by atoms with Gasteiger partial charge >= 0.3 is 5.97 Å². The maximum absolute atomic E-state index is 12.6. The Morgan fingerprint density at radius 2 is 2.04 bits per heavy atom. The molecule has 0 spiro atoms. The van der Waals surface area contributed by atoms with Gasteiger partial charge in [0.15, 0.2) is 6.61 Å². The normalized spacial score (nSPS) is 27.8. The largest absolute Gasteiger partial charge is 0.482 e. The maximum Gasteiger partial charge on any atom is 0.343 e. The van der Waals surface area contributed by atoms with Gasteiger partial charge < -0.3 is 20.5 Å². The first-order chi connectivity index (χ1) is 11.5. The second-order valence-electron chi connectivity index (χ2n) is 6.77. The van der Waals surface area contributed by atoms with Gasteiger partial charge in [-0.2, -0.15) is 0 Å². The molecule has 130 valence electrons. The molecule has 2 aliphatic carbocycles. The number of fused-ring (bicyclic) bond motifs is 2. The molecule has 1 aromatic carbocycles. The number of carbonyl (C=O) groups is 2. The maximum atomic E-state index is 12.6. The zero-order valence-corrected chi connectivity index (χ0v) is 14.1. The van der Waals surface area contributed by atoms with Gasteiger partial charge in [0.05, 0.1) is 13.0 Å². The van der Waals surface area contributed by atoms with E-state index in [0.29, 0.717) is 17.6 Å². The molecular formula is C18H24N2O4. The Balaban J connectivity index is 1.63. The molecule has 1 aromatic rings.